The van der Waals surface area contributed by atoms with Crippen LogP contribution in [0.4, 0.5) is 16.4 Å². The van der Waals surface area contributed by atoms with E-state index >= 15 is 0 Å². The summed E-state index contributed by atoms with van der Waals surface area (Å²) in [5, 5.41) is 12.0. The van der Waals surface area contributed by atoms with Crippen LogP contribution in [0.5, 0.6) is 5.75 Å². The van der Waals surface area contributed by atoms with Crippen LogP contribution in [0.3, 0.4) is 0 Å². The van der Waals surface area contributed by atoms with Crippen LogP contribution in [0.2, 0.25) is 0 Å². The second-order valence-electron chi connectivity index (χ2n) is 9.32. The molecule has 33 heavy (non-hydrogen) atoms. The summed E-state index contributed by atoms with van der Waals surface area (Å²) in [4.78, 5) is 32.4. The van der Waals surface area contributed by atoms with E-state index in [-0.39, 0.29) is 12.5 Å². The van der Waals surface area contributed by atoms with E-state index in [1.54, 1.807) is 12.1 Å². The van der Waals surface area contributed by atoms with Crippen molar-refractivity contribution >= 4 is 23.6 Å². The molecule has 1 spiro atoms. The molecule has 1 N–H and O–H groups in total. The molecule has 4 heterocycles. The predicted octanol–water partition coefficient (Wildman–Crippen LogP) is 2.10. The Kier molecular flexibility index (Phi) is 4.52. The largest absolute Gasteiger partial charge is 0.480 e. The molecule has 0 saturated carbocycles. The van der Waals surface area contributed by atoms with Crippen molar-refractivity contribution in [3.05, 3.63) is 47.0 Å². The SMILES string of the molecule is N#Cc1cccc2c1CC(CCN1CC3(C1)CN(c1ccc4c(n1)NC(=O)CO4)C(=O)O3)C2. The van der Waals surface area contributed by atoms with Gasteiger partial charge in [0.2, 0.25) is 0 Å². The van der Waals surface area contributed by atoms with E-state index in [4.69, 9.17) is 9.47 Å². The highest BCUT2D eigenvalue weighted by atomic mass is 16.6. The number of hydrogen-bond donors (Lipinski definition) is 1. The second kappa shape index (κ2) is 7.46. The van der Waals surface area contributed by atoms with Crippen LogP contribution >= 0.6 is 0 Å². The average molecular weight is 445 g/mol. The lowest BCUT2D eigenvalue weighted by Crippen LogP contribution is -2.64. The van der Waals surface area contributed by atoms with Crippen molar-refractivity contribution in [3.8, 4) is 11.8 Å². The monoisotopic (exact) mass is 445 g/mol. The highest BCUT2D eigenvalue weighted by Crippen LogP contribution is 2.37. The van der Waals surface area contributed by atoms with Gasteiger partial charge in [0, 0.05) is 13.1 Å². The molecule has 1 aromatic carbocycles. The maximum atomic E-state index is 12.6. The van der Waals surface area contributed by atoms with Crippen LogP contribution in [0.25, 0.3) is 0 Å². The summed E-state index contributed by atoms with van der Waals surface area (Å²) >= 11 is 0. The fourth-order valence-electron chi connectivity index (χ4n) is 5.41. The Morgan fingerprint density at radius 1 is 1.18 bits per heavy atom. The Hall–Kier alpha value is -3.64. The number of benzene rings is 1. The number of amides is 2. The van der Waals surface area contributed by atoms with Crippen LogP contribution in [-0.4, -0.2) is 60.3 Å². The number of nitrogens with zero attached hydrogens (tertiary/aromatic N) is 4. The standard InChI is InChI=1S/C24H23N5O4/c25-10-17-3-1-2-16-8-15(9-18(16)17)6-7-28-12-24(13-28)14-29(23(31)33-24)20-5-4-19-22(26-20)27-21(30)11-32-19/h1-5,15H,6-9,11-14H2,(H,26,27,30). The van der Waals surface area contributed by atoms with Gasteiger partial charge in [-0.15, -0.1) is 0 Å². The number of rotatable bonds is 4. The predicted molar refractivity (Wildman–Crippen MR) is 118 cm³/mol. The van der Waals surface area contributed by atoms with E-state index in [0.717, 1.165) is 31.4 Å². The smallest absolute Gasteiger partial charge is 0.416 e. The number of nitrogens with one attached hydrogen (secondary N) is 1. The molecule has 4 aliphatic rings. The minimum absolute atomic E-state index is 0.0365. The van der Waals surface area contributed by atoms with Gasteiger partial charge in [0.1, 0.15) is 5.82 Å². The molecule has 6 rings (SSSR count). The van der Waals surface area contributed by atoms with Crippen LogP contribution in [0.15, 0.2) is 30.3 Å². The Morgan fingerprint density at radius 2 is 2.06 bits per heavy atom. The molecule has 2 fully saturated rings. The van der Waals surface area contributed by atoms with Gasteiger partial charge in [-0.25, -0.2) is 9.78 Å². The Bertz CT molecular complexity index is 1200. The second-order valence-corrected chi connectivity index (χ2v) is 9.32. The zero-order valence-corrected chi connectivity index (χ0v) is 18.0. The summed E-state index contributed by atoms with van der Waals surface area (Å²) in [6.45, 7) is 2.74. The van der Waals surface area contributed by atoms with Crippen LogP contribution in [0, 0.1) is 17.2 Å². The number of fused-ring (bicyclic) bond motifs is 2. The van der Waals surface area contributed by atoms with Crippen molar-refractivity contribution in [1.29, 1.82) is 5.26 Å². The zero-order chi connectivity index (χ0) is 22.6. The third-order valence-corrected chi connectivity index (χ3v) is 6.98. The number of carbonyl (C=O) groups excluding carboxylic acids is 2. The topological polar surface area (TPSA) is 108 Å². The van der Waals surface area contributed by atoms with Crippen LogP contribution in [-0.2, 0) is 22.4 Å². The van der Waals surface area contributed by atoms with E-state index < -0.39 is 11.7 Å². The third-order valence-electron chi connectivity index (χ3n) is 6.98. The third kappa shape index (κ3) is 3.47. The fourth-order valence-corrected chi connectivity index (χ4v) is 5.41. The summed E-state index contributed by atoms with van der Waals surface area (Å²) < 4.78 is 11.1. The van der Waals surface area contributed by atoms with Crippen molar-refractivity contribution in [2.24, 2.45) is 5.92 Å². The van der Waals surface area contributed by atoms with E-state index in [1.165, 1.54) is 16.0 Å². The Morgan fingerprint density at radius 3 is 2.91 bits per heavy atom. The number of carbonyl (C=O) groups is 2. The fraction of sp³-hybridized carbons (Fsp3) is 0.417. The lowest BCUT2D eigenvalue weighted by Gasteiger charge is -2.45. The molecule has 1 aromatic heterocycles. The van der Waals surface area contributed by atoms with Gasteiger partial charge in [0.25, 0.3) is 5.91 Å². The molecular formula is C24H23N5O4. The molecule has 168 valence electrons. The maximum absolute atomic E-state index is 12.6. The lowest BCUT2D eigenvalue weighted by molar-refractivity contribution is -0.118. The molecule has 9 heteroatoms. The first-order valence-electron chi connectivity index (χ1n) is 11.2. The normalized spacial score (nSPS) is 22.6. The molecule has 9 nitrogen and oxygen atoms in total. The number of pyridine rings is 1. The number of nitriles is 1. The summed E-state index contributed by atoms with van der Waals surface area (Å²) in [5.74, 6) is 1.54. The summed E-state index contributed by atoms with van der Waals surface area (Å²) in [7, 11) is 0. The number of likely N-dealkylation sites (tertiary alicyclic amines) is 1. The van der Waals surface area contributed by atoms with Gasteiger partial charge < -0.3 is 14.8 Å². The van der Waals surface area contributed by atoms with Crippen LogP contribution in [0.1, 0.15) is 23.1 Å². The number of hydrogen-bond acceptors (Lipinski definition) is 7. The van der Waals surface area contributed by atoms with Gasteiger partial charge in [0.15, 0.2) is 23.8 Å². The molecule has 0 bridgehead atoms. The zero-order valence-electron chi connectivity index (χ0n) is 18.0. The van der Waals surface area contributed by atoms with E-state index in [2.05, 4.69) is 27.3 Å². The maximum Gasteiger partial charge on any atom is 0.416 e. The summed E-state index contributed by atoms with van der Waals surface area (Å²) in [6, 6.07) is 11.7. The molecule has 2 amide bonds. The lowest BCUT2D eigenvalue weighted by atomic mass is 9.92. The molecule has 1 aliphatic carbocycles. The molecule has 2 aromatic rings. The first-order valence-corrected chi connectivity index (χ1v) is 11.2. The molecule has 3 aliphatic heterocycles. The van der Waals surface area contributed by atoms with Crippen molar-refractivity contribution < 1.29 is 19.1 Å². The minimum Gasteiger partial charge on any atom is -0.480 e. The van der Waals surface area contributed by atoms with Gasteiger partial charge in [-0.1, -0.05) is 12.1 Å². The van der Waals surface area contributed by atoms with E-state index in [0.29, 0.717) is 42.9 Å². The summed E-state index contributed by atoms with van der Waals surface area (Å²) in [6.07, 6.45) is 2.63. The average Bonchev–Trinajstić information content (AvgIpc) is 3.37. The van der Waals surface area contributed by atoms with E-state index in [1.807, 2.05) is 12.1 Å². The molecule has 2 saturated heterocycles. The van der Waals surface area contributed by atoms with Gasteiger partial charge >= 0.3 is 6.09 Å². The van der Waals surface area contributed by atoms with Crippen LogP contribution < -0.4 is 15.0 Å². The first-order chi connectivity index (χ1) is 16.0. The molecule has 1 unspecified atom stereocenters. The van der Waals surface area contributed by atoms with Crippen molar-refractivity contribution in [2.45, 2.75) is 24.9 Å². The minimum atomic E-state index is -0.513. The molecule has 1 atom stereocenters. The van der Waals surface area contributed by atoms with Gasteiger partial charge in [0.05, 0.1) is 18.2 Å². The van der Waals surface area contributed by atoms with Gasteiger partial charge in [-0.3, -0.25) is 14.6 Å². The number of anilines is 2. The Labute approximate surface area is 190 Å². The van der Waals surface area contributed by atoms with Crippen molar-refractivity contribution in [3.63, 3.8) is 0 Å². The Balaban J connectivity index is 1.05. The molecule has 0 radical (unpaired) electrons. The highest BCUT2D eigenvalue weighted by Gasteiger charge is 2.54. The van der Waals surface area contributed by atoms with E-state index in [9.17, 15) is 14.9 Å². The number of ether oxygens (including phenoxy) is 2. The quantitative estimate of drug-likeness (QED) is 0.768. The highest BCUT2D eigenvalue weighted by molar-refractivity contribution is 5.95. The summed E-state index contributed by atoms with van der Waals surface area (Å²) in [5.41, 5.74) is 2.81. The number of aromatic nitrogens is 1. The van der Waals surface area contributed by atoms with Crippen molar-refractivity contribution in [1.82, 2.24) is 9.88 Å². The van der Waals surface area contributed by atoms with Crippen molar-refractivity contribution in [2.75, 3.05) is 43.0 Å². The van der Waals surface area contributed by atoms with Gasteiger partial charge in [-0.05, 0) is 61.1 Å². The first kappa shape index (κ1) is 20.0. The molecular weight excluding hydrogens is 422 g/mol. The van der Waals surface area contributed by atoms with Gasteiger partial charge in [-0.2, -0.15) is 5.26 Å².